The Bertz CT molecular complexity index is 990. The molecule has 2 heterocycles. The van der Waals surface area contributed by atoms with Crippen molar-refractivity contribution in [1.82, 2.24) is 20.2 Å². The zero-order chi connectivity index (χ0) is 16.5. The normalized spacial score (nSPS) is 10.9. The van der Waals surface area contributed by atoms with Crippen molar-refractivity contribution in [3.8, 4) is 10.6 Å². The smallest absolute Gasteiger partial charge is 0.292 e. The first-order valence-electron chi connectivity index (χ1n) is 7.34. The van der Waals surface area contributed by atoms with Gasteiger partial charge in [0.1, 0.15) is 11.3 Å². The van der Waals surface area contributed by atoms with E-state index in [1.807, 2.05) is 43.3 Å². The van der Waals surface area contributed by atoms with E-state index in [1.54, 1.807) is 11.3 Å². The number of aromatic amines is 1. The molecule has 0 aliphatic rings. The van der Waals surface area contributed by atoms with Crippen LogP contribution < -0.4 is 5.32 Å². The summed E-state index contributed by atoms with van der Waals surface area (Å²) in [5.41, 5.74) is 3.64. The first kappa shape index (κ1) is 14.5. The Kier molecular flexibility index (Phi) is 3.55. The SMILES string of the molecule is Cc1ccc(-c2nc3ccccc3s2)cc1NC(=O)c1ncn[nH]1. The molecule has 4 aromatic rings. The summed E-state index contributed by atoms with van der Waals surface area (Å²) in [4.78, 5) is 20.7. The number of hydrogen-bond acceptors (Lipinski definition) is 5. The minimum absolute atomic E-state index is 0.180. The van der Waals surface area contributed by atoms with Gasteiger partial charge < -0.3 is 5.32 Å². The number of rotatable bonds is 3. The summed E-state index contributed by atoms with van der Waals surface area (Å²) >= 11 is 1.63. The van der Waals surface area contributed by atoms with E-state index in [1.165, 1.54) is 6.33 Å². The molecule has 0 atom stereocenters. The number of aryl methyl sites for hydroxylation is 1. The lowest BCUT2D eigenvalue weighted by Gasteiger charge is -2.08. The summed E-state index contributed by atoms with van der Waals surface area (Å²) in [6.07, 6.45) is 1.30. The van der Waals surface area contributed by atoms with Crippen molar-refractivity contribution in [3.63, 3.8) is 0 Å². The Balaban J connectivity index is 1.69. The number of para-hydroxylation sites is 1. The Morgan fingerprint density at radius 1 is 1.21 bits per heavy atom. The van der Waals surface area contributed by atoms with Crippen LogP contribution in [0.3, 0.4) is 0 Å². The molecule has 0 radical (unpaired) electrons. The van der Waals surface area contributed by atoms with Crippen LogP contribution in [0.4, 0.5) is 5.69 Å². The van der Waals surface area contributed by atoms with Crippen LogP contribution in [-0.4, -0.2) is 26.1 Å². The summed E-state index contributed by atoms with van der Waals surface area (Å²) in [6, 6.07) is 13.9. The predicted molar refractivity (Wildman–Crippen MR) is 94.1 cm³/mol. The second-order valence-corrected chi connectivity index (χ2v) is 6.34. The fourth-order valence-electron chi connectivity index (χ4n) is 2.38. The number of carbonyl (C=O) groups excluding carboxylic acids is 1. The number of amides is 1. The van der Waals surface area contributed by atoms with Crippen LogP contribution in [0.5, 0.6) is 0 Å². The van der Waals surface area contributed by atoms with Gasteiger partial charge in [0.05, 0.1) is 10.2 Å². The lowest BCUT2D eigenvalue weighted by molar-refractivity contribution is 0.101. The molecular weight excluding hydrogens is 322 g/mol. The standard InChI is InChI=1S/C17H13N5OS/c1-10-6-7-11(17-21-12-4-2-3-5-14(12)24-17)8-13(10)20-16(23)15-18-9-19-22-15/h2-9H,1H3,(H,20,23)(H,18,19,22). The number of nitrogens with zero attached hydrogens (tertiary/aromatic N) is 3. The van der Waals surface area contributed by atoms with E-state index in [-0.39, 0.29) is 11.7 Å². The topological polar surface area (TPSA) is 83.6 Å². The molecule has 1 amide bonds. The average molecular weight is 335 g/mol. The van der Waals surface area contributed by atoms with Gasteiger partial charge in [0, 0.05) is 11.3 Å². The molecule has 0 fully saturated rings. The maximum atomic E-state index is 12.2. The molecule has 24 heavy (non-hydrogen) atoms. The number of benzene rings is 2. The third-order valence-electron chi connectivity index (χ3n) is 3.66. The highest BCUT2D eigenvalue weighted by Gasteiger charge is 2.12. The molecule has 0 spiro atoms. The molecule has 0 unspecified atom stereocenters. The molecular formula is C17H13N5OS. The molecule has 4 rings (SSSR count). The molecule has 7 heteroatoms. The average Bonchev–Trinajstić information content (AvgIpc) is 3.26. The zero-order valence-electron chi connectivity index (χ0n) is 12.8. The molecule has 2 aromatic heterocycles. The molecule has 0 aliphatic carbocycles. The van der Waals surface area contributed by atoms with Gasteiger partial charge in [-0.25, -0.2) is 9.97 Å². The first-order valence-corrected chi connectivity index (χ1v) is 8.16. The van der Waals surface area contributed by atoms with Crippen molar-refractivity contribution in [3.05, 3.63) is 60.2 Å². The van der Waals surface area contributed by atoms with E-state index in [0.29, 0.717) is 0 Å². The van der Waals surface area contributed by atoms with Gasteiger partial charge in [-0.2, -0.15) is 5.10 Å². The molecule has 0 saturated heterocycles. The summed E-state index contributed by atoms with van der Waals surface area (Å²) in [5.74, 6) is -0.142. The van der Waals surface area contributed by atoms with Gasteiger partial charge in [-0.15, -0.1) is 11.3 Å². The second kappa shape index (κ2) is 5.86. The van der Waals surface area contributed by atoms with Crippen molar-refractivity contribution < 1.29 is 4.79 Å². The Hall–Kier alpha value is -3.06. The second-order valence-electron chi connectivity index (χ2n) is 5.30. The van der Waals surface area contributed by atoms with E-state index < -0.39 is 0 Å². The van der Waals surface area contributed by atoms with Crippen LogP contribution in [0.2, 0.25) is 0 Å². The monoisotopic (exact) mass is 335 g/mol. The van der Waals surface area contributed by atoms with Crippen LogP contribution in [0, 0.1) is 6.92 Å². The van der Waals surface area contributed by atoms with Gasteiger partial charge in [-0.05, 0) is 30.7 Å². The lowest BCUT2D eigenvalue weighted by atomic mass is 10.1. The largest absolute Gasteiger partial charge is 0.319 e. The van der Waals surface area contributed by atoms with Crippen molar-refractivity contribution in [2.75, 3.05) is 5.32 Å². The van der Waals surface area contributed by atoms with E-state index in [0.717, 1.165) is 32.0 Å². The summed E-state index contributed by atoms with van der Waals surface area (Å²) < 4.78 is 1.14. The number of fused-ring (bicyclic) bond motifs is 1. The van der Waals surface area contributed by atoms with Gasteiger partial charge in [0.2, 0.25) is 5.82 Å². The molecule has 0 bridgehead atoms. The highest BCUT2D eigenvalue weighted by Crippen LogP contribution is 2.32. The van der Waals surface area contributed by atoms with E-state index >= 15 is 0 Å². The van der Waals surface area contributed by atoms with Crippen LogP contribution in [0.15, 0.2) is 48.8 Å². The van der Waals surface area contributed by atoms with E-state index in [9.17, 15) is 4.79 Å². The summed E-state index contributed by atoms with van der Waals surface area (Å²) in [6.45, 7) is 1.94. The molecule has 0 aliphatic heterocycles. The van der Waals surface area contributed by atoms with Crippen molar-refractivity contribution in [2.45, 2.75) is 6.92 Å². The van der Waals surface area contributed by atoms with Gasteiger partial charge in [0.15, 0.2) is 0 Å². The molecule has 2 aromatic carbocycles. The molecule has 0 saturated carbocycles. The minimum Gasteiger partial charge on any atom is -0.319 e. The van der Waals surface area contributed by atoms with Crippen LogP contribution in [0.1, 0.15) is 16.2 Å². The van der Waals surface area contributed by atoms with Gasteiger partial charge in [-0.1, -0.05) is 24.3 Å². The van der Waals surface area contributed by atoms with Crippen LogP contribution >= 0.6 is 11.3 Å². The number of anilines is 1. The van der Waals surface area contributed by atoms with Gasteiger partial charge >= 0.3 is 0 Å². The van der Waals surface area contributed by atoms with Crippen LogP contribution in [-0.2, 0) is 0 Å². The fraction of sp³-hybridized carbons (Fsp3) is 0.0588. The fourth-order valence-corrected chi connectivity index (χ4v) is 3.34. The van der Waals surface area contributed by atoms with E-state index in [2.05, 4.69) is 31.5 Å². The number of hydrogen-bond donors (Lipinski definition) is 2. The highest BCUT2D eigenvalue weighted by atomic mass is 32.1. The first-order chi connectivity index (χ1) is 11.7. The number of nitrogens with one attached hydrogen (secondary N) is 2. The van der Waals surface area contributed by atoms with Gasteiger partial charge in [-0.3, -0.25) is 9.89 Å². The number of H-pyrrole nitrogens is 1. The number of carbonyl (C=O) groups is 1. The zero-order valence-corrected chi connectivity index (χ0v) is 13.6. The molecule has 2 N–H and O–H groups in total. The minimum atomic E-state index is -0.322. The van der Waals surface area contributed by atoms with Crippen molar-refractivity contribution in [2.24, 2.45) is 0 Å². The summed E-state index contributed by atoms with van der Waals surface area (Å²) in [7, 11) is 0. The Morgan fingerprint density at radius 2 is 2.08 bits per heavy atom. The third-order valence-corrected chi connectivity index (χ3v) is 4.74. The molecule has 6 nitrogen and oxygen atoms in total. The predicted octanol–water partition coefficient (Wildman–Crippen LogP) is 3.64. The number of thiazole rings is 1. The quantitative estimate of drug-likeness (QED) is 0.599. The molecule has 118 valence electrons. The van der Waals surface area contributed by atoms with Crippen molar-refractivity contribution >= 4 is 33.1 Å². The Labute approximate surface area is 141 Å². The Morgan fingerprint density at radius 3 is 2.88 bits per heavy atom. The van der Waals surface area contributed by atoms with Crippen molar-refractivity contribution in [1.29, 1.82) is 0 Å². The van der Waals surface area contributed by atoms with Crippen LogP contribution in [0.25, 0.3) is 20.8 Å². The number of aromatic nitrogens is 4. The van der Waals surface area contributed by atoms with Gasteiger partial charge in [0.25, 0.3) is 5.91 Å². The maximum Gasteiger partial charge on any atom is 0.292 e. The third kappa shape index (κ3) is 2.65. The summed E-state index contributed by atoms with van der Waals surface area (Å²) in [5, 5.41) is 10.0. The highest BCUT2D eigenvalue weighted by molar-refractivity contribution is 7.21. The van der Waals surface area contributed by atoms with E-state index in [4.69, 9.17) is 0 Å². The lowest BCUT2D eigenvalue weighted by Crippen LogP contribution is -2.14. The maximum absolute atomic E-state index is 12.2.